The molecule has 5 nitrogen and oxygen atoms in total. The zero-order chi connectivity index (χ0) is 17.1. The number of rotatable bonds is 3. The maximum atomic E-state index is 12.5. The molecule has 1 N–H and O–H groups in total. The van der Waals surface area contributed by atoms with Crippen LogP contribution in [0.15, 0.2) is 59.1 Å². The molecular formula is C18H13BrN4O. The first-order valence-corrected chi connectivity index (χ1v) is 8.00. The molecule has 0 saturated heterocycles. The highest BCUT2D eigenvalue weighted by molar-refractivity contribution is 9.10. The Bertz CT molecular complexity index is 956. The van der Waals surface area contributed by atoms with Crippen molar-refractivity contribution in [3.63, 3.8) is 0 Å². The second kappa shape index (κ2) is 6.69. The third kappa shape index (κ3) is 3.36. The largest absolute Gasteiger partial charge is 0.306 e. The van der Waals surface area contributed by atoms with Crippen molar-refractivity contribution in [3.05, 3.63) is 75.9 Å². The first-order valence-electron chi connectivity index (χ1n) is 7.21. The van der Waals surface area contributed by atoms with Gasteiger partial charge in [-0.05, 0) is 43.3 Å². The standard InChI is InChI=1S/C18H13BrN4O/c1-12-8-17(23(22-12)16-7-3-6-15(19)10-16)21-18(24)14-5-2-4-13(9-14)11-20/h2-10H,1H3,(H,21,24). The summed E-state index contributed by atoms with van der Waals surface area (Å²) in [5.41, 5.74) is 2.49. The van der Waals surface area contributed by atoms with E-state index < -0.39 is 0 Å². The number of halogens is 1. The number of hydrogen-bond acceptors (Lipinski definition) is 3. The predicted octanol–water partition coefficient (Wildman–Crippen LogP) is 4.07. The first kappa shape index (κ1) is 16.0. The van der Waals surface area contributed by atoms with Crippen LogP contribution in [0.1, 0.15) is 21.6 Å². The van der Waals surface area contributed by atoms with Crippen LogP contribution in [0.25, 0.3) is 5.69 Å². The minimum Gasteiger partial charge on any atom is -0.306 e. The van der Waals surface area contributed by atoms with Crippen molar-refractivity contribution in [1.82, 2.24) is 9.78 Å². The SMILES string of the molecule is Cc1cc(NC(=O)c2cccc(C#N)c2)n(-c2cccc(Br)c2)n1. The number of nitrogens with one attached hydrogen (secondary N) is 1. The van der Waals surface area contributed by atoms with E-state index in [-0.39, 0.29) is 5.91 Å². The van der Waals surface area contributed by atoms with E-state index >= 15 is 0 Å². The predicted molar refractivity (Wildman–Crippen MR) is 95.1 cm³/mol. The molecule has 0 bridgehead atoms. The molecule has 0 aliphatic rings. The Kier molecular flexibility index (Phi) is 4.45. The van der Waals surface area contributed by atoms with Crippen molar-refractivity contribution in [1.29, 1.82) is 5.26 Å². The van der Waals surface area contributed by atoms with Crippen LogP contribution in [0.5, 0.6) is 0 Å². The van der Waals surface area contributed by atoms with E-state index in [2.05, 4.69) is 26.3 Å². The molecule has 1 aromatic heterocycles. The van der Waals surface area contributed by atoms with Crippen molar-refractivity contribution < 1.29 is 4.79 Å². The molecule has 0 aliphatic heterocycles. The second-order valence-electron chi connectivity index (χ2n) is 5.21. The summed E-state index contributed by atoms with van der Waals surface area (Å²) in [4.78, 5) is 12.5. The summed E-state index contributed by atoms with van der Waals surface area (Å²) >= 11 is 3.44. The number of carbonyl (C=O) groups is 1. The Morgan fingerprint density at radius 1 is 1.21 bits per heavy atom. The molecule has 2 aromatic carbocycles. The van der Waals surface area contributed by atoms with E-state index in [1.807, 2.05) is 37.3 Å². The van der Waals surface area contributed by atoms with Crippen LogP contribution < -0.4 is 5.32 Å². The lowest BCUT2D eigenvalue weighted by atomic mass is 10.1. The molecule has 0 fully saturated rings. The molecule has 24 heavy (non-hydrogen) atoms. The van der Waals surface area contributed by atoms with E-state index in [4.69, 9.17) is 5.26 Å². The van der Waals surface area contributed by atoms with Gasteiger partial charge in [-0.25, -0.2) is 4.68 Å². The van der Waals surface area contributed by atoms with Gasteiger partial charge in [0.25, 0.3) is 5.91 Å². The van der Waals surface area contributed by atoms with Gasteiger partial charge in [-0.1, -0.05) is 28.1 Å². The topological polar surface area (TPSA) is 70.7 Å². The van der Waals surface area contributed by atoms with Crippen molar-refractivity contribution in [3.8, 4) is 11.8 Å². The highest BCUT2D eigenvalue weighted by atomic mass is 79.9. The number of anilines is 1. The van der Waals surface area contributed by atoms with Gasteiger partial charge in [0.2, 0.25) is 0 Å². The summed E-state index contributed by atoms with van der Waals surface area (Å²) < 4.78 is 2.60. The fourth-order valence-electron chi connectivity index (χ4n) is 2.31. The number of aromatic nitrogens is 2. The van der Waals surface area contributed by atoms with E-state index in [9.17, 15) is 4.79 Å². The Morgan fingerprint density at radius 2 is 2.00 bits per heavy atom. The van der Waals surface area contributed by atoms with Crippen molar-refractivity contribution in [2.24, 2.45) is 0 Å². The number of hydrogen-bond donors (Lipinski definition) is 1. The second-order valence-corrected chi connectivity index (χ2v) is 6.13. The molecule has 118 valence electrons. The molecule has 6 heteroatoms. The Hall–Kier alpha value is -2.91. The number of nitriles is 1. The molecule has 1 amide bonds. The number of aryl methyl sites for hydroxylation is 1. The maximum Gasteiger partial charge on any atom is 0.256 e. The molecule has 1 heterocycles. The lowest BCUT2D eigenvalue weighted by Crippen LogP contribution is -2.15. The van der Waals surface area contributed by atoms with E-state index in [1.165, 1.54) is 0 Å². The summed E-state index contributed by atoms with van der Waals surface area (Å²) in [5, 5.41) is 16.2. The summed E-state index contributed by atoms with van der Waals surface area (Å²) in [6, 6.07) is 18.0. The molecule has 0 aliphatic carbocycles. The van der Waals surface area contributed by atoms with Crippen molar-refractivity contribution >= 4 is 27.7 Å². The molecule has 3 rings (SSSR count). The quantitative estimate of drug-likeness (QED) is 0.744. The Labute approximate surface area is 147 Å². The normalized spacial score (nSPS) is 10.2. The maximum absolute atomic E-state index is 12.5. The van der Waals surface area contributed by atoms with E-state index in [0.29, 0.717) is 16.9 Å². The van der Waals surface area contributed by atoms with Crippen molar-refractivity contribution in [2.45, 2.75) is 6.92 Å². The summed E-state index contributed by atoms with van der Waals surface area (Å²) in [5.74, 6) is 0.279. The van der Waals surface area contributed by atoms with E-state index in [1.54, 1.807) is 35.0 Å². The Morgan fingerprint density at radius 3 is 2.75 bits per heavy atom. The highest BCUT2D eigenvalue weighted by Crippen LogP contribution is 2.21. The van der Waals surface area contributed by atoms with Gasteiger partial charge in [0.05, 0.1) is 23.0 Å². The number of carbonyl (C=O) groups excluding carboxylic acids is 1. The molecule has 0 radical (unpaired) electrons. The minimum atomic E-state index is -0.289. The molecule has 3 aromatic rings. The van der Waals surface area contributed by atoms with Gasteiger partial charge >= 0.3 is 0 Å². The molecule has 0 atom stereocenters. The van der Waals surface area contributed by atoms with Crippen LogP contribution >= 0.6 is 15.9 Å². The van der Waals surface area contributed by atoms with Crippen LogP contribution in [0, 0.1) is 18.3 Å². The molecule has 0 spiro atoms. The fraction of sp³-hybridized carbons (Fsp3) is 0.0556. The van der Waals surface area contributed by atoms with Crippen LogP contribution in [0.2, 0.25) is 0 Å². The molecule has 0 unspecified atom stereocenters. The lowest BCUT2D eigenvalue weighted by Gasteiger charge is -2.09. The smallest absolute Gasteiger partial charge is 0.256 e. The van der Waals surface area contributed by atoms with Crippen LogP contribution in [-0.2, 0) is 0 Å². The average molecular weight is 381 g/mol. The zero-order valence-electron chi connectivity index (χ0n) is 12.8. The number of benzene rings is 2. The van der Waals surface area contributed by atoms with Gasteiger partial charge in [-0.3, -0.25) is 4.79 Å². The van der Waals surface area contributed by atoms with Crippen LogP contribution in [0.3, 0.4) is 0 Å². The Balaban J connectivity index is 1.93. The van der Waals surface area contributed by atoms with Crippen LogP contribution in [0.4, 0.5) is 5.82 Å². The first-order chi connectivity index (χ1) is 11.6. The molecule has 0 saturated carbocycles. The van der Waals surface area contributed by atoms with Gasteiger partial charge in [0, 0.05) is 16.1 Å². The van der Waals surface area contributed by atoms with E-state index in [0.717, 1.165) is 15.9 Å². The summed E-state index contributed by atoms with van der Waals surface area (Å²) in [7, 11) is 0. The van der Waals surface area contributed by atoms with Gasteiger partial charge < -0.3 is 5.32 Å². The van der Waals surface area contributed by atoms with Crippen molar-refractivity contribution in [2.75, 3.05) is 5.32 Å². The third-order valence-corrected chi connectivity index (χ3v) is 3.87. The van der Waals surface area contributed by atoms with Gasteiger partial charge in [-0.15, -0.1) is 0 Å². The van der Waals surface area contributed by atoms with Gasteiger partial charge in [0.15, 0.2) is 0 Å². The van der Waals surface area contributed by atoms with Crippen LogP contribution in [-0.4, -0.2) is 15.7 Å². The minimum absolute atomic E-state index is 0.289. The third-order valence-electron chi connectivity index (χ3n) is 3.38. The average Bonchev–Trinajstić information content (AvgIpc) is 2.95. The fourth-order valence-corrected chi connectivity index (χ4v) is 2.70. The summed E-state index contributed by atoms with van der Waals surface area (Å²) in [6.07, 6.45) is 0. The monoisotopic (exact) mass is 380 g/mol. The number of nitrogens with zero attached hydrogens (tertiary/aromatic N) is 3. The van der Waals surface area contributed by atoms with Gasteiger partial charge in [0.1, 0.15) is 5.82 Å². The zero-order valence-corrected chi connectivity index (χ0v) is 14.4. The summed E-state index contributed by atoms with van der Waals surface area (Å²) in [6.45, 7) is 1.86. The highest BCUT2D eigenvalue weighted by Gasteiger charge is 2.13. The molecular weight excluding hydrogens is 368 g/mol. The lowest BCUT2D eigenvalue weighted by molar-refractivity contribution is 0.102. The number of amides is 1. The van der Waals surface area contributed by atoms with Gasteiger partial charge in [-0.2, -0.15) is 10.4 Å².